The van der Waals surface area contributed by atoms with Gasteiger partial charge in [-0.1, -0.05) is 28.9 Å². The largest absolute Gasteiger partial charge is 0.309 e. The van der Waals surface area contributed by atoms with Crippen LogP contribution in [0.25, 0.3) is 0 Å². The van der Waals surface area contributed by atoms with Gasteiger partial charge in [-0.15, -0.1) is 11.3 Å². The molecule has 1 nitrogen and oxygen atoms in total. The van der Waals surface area contributed by atoms with Crippen LogP contribution in [-0.2, 0) is 6.42 Å². The Hall–Kier alpha value is -0.230. The second-order valence-electron chi connectivity index (χ2n) is 4.61. The number of rotatable bonds is 6. The van der Waals surface area contributed by atoms with Gasteiger partial charge in [-0.25, -0.2) is 4.39 Å². The summed E-state index contributed by atoms with van der Waals surface area (Å²) in [5, 5.41) is 5.66. The number of benzene rings is 1. The third kappa shape index (κ3) is 4.38. The number of hydrogen-bond donors (Lipinski definition) is 1. The van der Waals surface area contributed by atoms with E-state index >= 15 is 0 Å². The zero-order valence-electron chi connectivity index (χ0n) is 11.1. The molecular formula is C15H16Br2FNS. The van der Waals surface area contributed by atoms with Crippen LogP contribution in [-0.4, -0.2) is 6.54 Å². The first-order valence-corrected chi connectivity index (χ1v) is 8.98. The second kappa shape index (κ2) is 7.69. The van der Waals surface area contributed by atoms with Crippen LogP contribution in [0.3, 0.4) is 0 Å². The average Bonchev–Trinajstić information content (AvgIpc) is 2.83. The van der Waals surface area contributed by atoms with Gasteiger partial charge in [-0.2, -0.15) is 0 Å². The predicted molar refractivity (Wildman–Crippen MR) is 90.9 cm³/mol. The van der Waals surface area contributed by atoms with Gasteiger partial charge in [0.1, 0.15) is 5.82 Å². The lowest BCUT2D eigenvalue weighted by atomic mass is 10.0. The first-order valence-electron chi connectivity index (χ1n) is 6.51. The molecule has 0 aliphatic carbocycles. The van der Waals surface area contributed by atoms with Gasteiger partial charge in [0, 0.05) is 25.2 Å². The van der Waals surface area contributed by atoms with E-state index in [2.05, 4.69) is 55.5 Å². The van der Waals surface area contributed by atoms with E-state index in [1.165, 1.54) is 17.0 Å². The summed E-state index contributed by atoms with van der Waals surface area (Å²) in [6.07, 6.45) is 1.93. The van der Waals surface area contributed by atoms with Crippen molar-refractivity contribution in [3.05, 3.63) is 54.8 Å². The molecule has 5 heteroatoms. The van der Waals surface area contributed by atoms with E-state index in [0.717, 1.165) is 33.9 Å². The van der Waals surface area contributed by atoms with Crippen molar-refractivity contribution >= 4 is 43.2 Å². The quantitative estimate of drug-likeness (QED) is 0.632. The highest BCUT2D eigenvalue weighted by Crippen LogP contribution is 2.30. The molecule has 2 aromatic rings. The molecule has 0 saturated heterocycles. The van der Waals surface area contributed by atoms with Gasteiger partial charge in [0.2, 0.25) is 0 Å². The smallest absolute Gasteiger partial charge is 0.124 e. The van der Waals surface area contributed by atoms with Gasteiger partial charge in [0.15, 0.2) is 0 Å². The SMILES string of the molecule is CCCNC(Cc1ccc(F)cc1Br)c1cc(Br)cs1. The fraction of sp³-hybridized carbons (Fsp3) is 0.333. The molecule has 1 aromatic heterocycles. The minimum absolute atomic E-state index is 0.211. The number of thiophene rings is 1. The monoisotopic (exact) mass is 419 g/mol. The van der Waals surface area contributed by atoms with Crippen molar-refractivity contribution in [1.82, 2.24) is 5.32 Å². The Morgan fingerprint density at radius 2 is 2.10 bits per heavy atom. The van der Waals surface area contributed by atoms with Crippen molar-refractivity contribution in [2.75, 3.05) is 6.54 Å². The van der Waals surface area contributed by atoms with Gasteiger partial charge in [-0.3, -0.25) is 0 Å². The Morgan fingerprint density at radius 1 is 1.30 bits per heavy atom. The van der Waals surface area contributed by atoms with E-state index in [4.69, 9.17) is 0 Å². The Morgan fingerprint density at radius 3 is 2.70 bits per heavy atom. The summed E-state index contributed by atoms with van der Waals surface area (Å²) in [5.74, 6) is -0.211. The molecule has 20 heavy (non-hydrogen) atoms. The molecule has 108 valence electrons. The van der Waals surface area contributed by atoms with Crippen molar-refractivity contribution in [2.24, 2.45) is 0 Å². The van der Waals surface area contributed by atoms with Crippen molar-refractivity contribution in [3.8, 4) is 0 Å². The van der Waals surface area contributed by atoms with E-state index in [0.29, 0.717) is 0 Å². The maximum absolute atomic E-state index is 13.2. The Balaban J connectivity index is 2.18. The summed E-state index contributed by atoms with van der Waals surface area (Å²) in [6, 6.07) is 7.30. The topological polar surface area (TPSA) is 12.0 Å². The van der Waals surface area contributed by atoms with Crippen molar-refractivity contribution in [3.63, 3.8) is 0 Å². The zero-order chi connectivity index (χ0) is 14.5. The highest BCUT2D eigenvalue weighted by molar-refractivity contribution is 9.10. The van der Waals surface area contributed by atoms with Gasteiger partial charge >= 0.3 is 0 Å². The molecule has 1 heterocycles. The molecule has 0 aliphatic rings. The molecule has 1 unspecified atom stereocenters. The molecule has 0 radical (unpaired) electrons. The van der Waals surface area contributed by atoms with E-state index in [1.54, 1.807) is 11.3 Å². The predicted octanol–water partition coefficient (Wildman–Crippen LogP) is 5.70. The third-order valence-electron chi connectivity index (χ3n) is 3.01. The zero-order valence-corrected chi connectivity index (χ0v) is 15.1. The minimum Gasteiger partial charge on any atom is -0.309 e. The maximum atomic E-state index is 13.2. The van der Waals surface area contributed by atoms with Gasteiger partial charge in [0.05, 0.1) is 0 Å². The van der Waals surface area contributed by atoms with Crippen molar-refractivity contribution < 1.29 is 4.39 Å². The van der Waals surface area contributed by atoms with Gasteiger partial charge in [0.25, 0.3) is 0 Å². The Bertz CT molecular complexity index is 571. The Labute approximate surface area is 139 Å². The summed E-state index contributed by atoms with van der Waals surface area (Å²) in [7, 11) is 0. The van der Waals surface area contributed by atoms with Crippen LogP contribution in [0.1, 0.15) is 29.8 Å². The van der Waals surface area contributed by atoms with Crippen LogP contribution in [0.15, 0.2) is 38.6 Å². The van der Waals surface area contributed by atoms with Crippen LogP contribution < -0.4 is 5.32 Å². The fourth-order valence-electron chi connectivity index (χ4n) is 2.01. The normalized spacial score (nSPS) is 12.6. The lowest BCUT2D eigenvalue weighted by Gasteiger charge is -2.18. The molecular weight excluding hydrogens is 405 g/mol. The summed E-state index contributed by atoms with van der Waals surface area (Å²) in [4.78, 5) is 1.29. The molecule has 1 atom stereocenters. The lowest BCUT2D eigenvalue weighted by molar-refractivity contribution is 0.535. The van der Waals surface area contributed by atoms with Gasteiger partial charge in [-0.05, 0) is 59.1 Å². The summed E-state index contributed by atoms with van der Waals surface area (Å²) < 4.78 is 15.1. The highest BCUT2D eigenvalue weighted by atomic mass is 79.9. The highest BCUT2D eigenvalue weighted by Gasteiger charge is 2.15. The number of nitrogens with one attached hydrogen (secondary N) is 1. The van der Waals surface area contributed by atoms with E-state index in [9.17, 15) is 4.39 Å². The summed E-state index contributed by atoms with van der Waals surface area (Å²) >= 11 is 8.69. The van der Waals surface area contributed by atoms with E-state index < -0.39 is 0 Å². The standard InChI is InChI=1S/C15H16Br2FNS/c1-2-5-19-14(15-7-11(16)9-20-15)6-10-3-4-12(18)8-13(10)17/h3-4,7-9,14,19H,2,5-6H2,1H3. The molecule has 1 aromatic carbocycles. The molecule has 0 saturated carbocycles. The number of hydrogen-bond acceptors (Lipinski definition) is 2. The average molecular weight is 421 g/mol. The molecule has 0 bridgehead atoms. The third-order valence-corrected chi connectivity index (χ3v) is 5.56. The van der Waals surface area contributed by atoms with Gasteiger partial charge < -0.3 is 5.32 Å². The van der Waals surface area contributed by atoms with Crippen LogP contribution in [0, 0.1) is 5.82 Å². The number of halogens is 3. The first-order chi connectivity index (χ1) is 9.60. The first kappa shape index (κ1) is 16.1. The second-order valence-corrected chi connectivity index (χ2v) is 7.33. The Kier molecular flexibility index (Phi) is 6.20. The van der Waals surface area contributed by atoms with Crippen LogP contribution >= 0.6 is 43.2 Å². The molecule has 0 spiro atoms. The lowest BCUT2D eigenvalue weighted by Crippen LogP contribution is -2.23. The van der Waals surface area contributed by atoms with E-state index in [-0.39, 0.29) is 11.9 Å². The van der Waals surface area contributed by atoms with Crippen molar-refractivity contribution in [1.29, 1.82) is 0 Å². The molecule has 0 aliphatic heterocycles. The molecule has 1 N–H and O–H groups in total. The maximum Gasteiger partial charge on any atom is 0.124 e. The van der Waals surface area contributed by atoms with Crippen LogP contribution in [0.5, 0.6) is 0 Å². The summed E-state index contributed by atoms with van der Waals surface area (Å²) in [5.41, 5.74) is 1.12. The van der Waals surface area contributed by atoms with Crippen LogP contribution in [0.2, 0.25) is 0 Å². The van der Waals surface area contributed by atoms with Crippen molar-refractivity contribution in [2.45, 2.75) is 25.8 Å². The molecule has 0 amide bonds. The molecule has 2 rings (SSSR count). The molecule has 0 fully saturated rings. The summed E-state index contributed by atoms with van der Waals surface area (Å²) in [6.45, 7) is 3.13. The minimum atomic E-state index is -0.211. The van der Waals surface area contributed by atoms with E-state index in [1.807, 2.05) is 6.07 Å². The van der Waals surface area contributed by atoms with Crippen LogP contribution in [0.4, 0.5) is 4.39 Å². The fourth-order valence-corrected chi connectivity index (χ4v) is 4.04.